The van der Waals surface area contributed by atoms with Crippen LogP contribution in [0.1, 0.15) is 11.5 Å². The normalized spacial score (nSPS) is 10.3. The fourth-order valence-electron chi connectivity index (χ4n) is 1.34. The van der Waals surface area contributed by atoms with Crippen molar-refractivity contribution in [1.29, 1.82) is 0 Å². The Labute approximate surface area is 93.2 Å². The van der Waals surface area contributed by atoms with Crippen LogP contribution in [-0.4, -0.2) is 15.0 Å². The van der Waals surface area contributed by atoms with Gasteiger partial charge in [-0.2, -0.15) is 0 Å². The maximum Gasteiger partial charge on any atom is 0.144 e. The van der Waals surface area contributed by atoms with Crippen molar-refractivity contribution in [2.75, 3.05) is 0 Å². The van der Waals surface area contributed by atoms with Gasteiger partial charge in [0.25, 0.3) is 0 Å². The molecule has 0 aliphatic rings. The lowest BCUT2D eigenvalue weighted by atomic mass is 10.2. The summed E-state index contributed by atoms with van der Waals surface area (Å²) < 4.78 is 0. The minimum absolute atomic E-state index is 0.321. The largest absolute Gasteiger partial charge is 0.255 e. The average Bonchev–Trinajstić information content (AvgIpc) is 2.29. The lowest BCUT2D eigenvalue weighted by Gasteiger charge is -2.02. The number of aryl methyl sites for hydroxylation is 1. The van der Waals surface area contributed by atoms with E-state index in [1.165, 1.54) is 0 Å². The number of rotatable bonds is 2. The smallest absolute Gasteiger partial charge is 0.144 e. The molecule has 0 spiro atoms. The van der Waals surface area contributed by atoms with Crippen LogP contribution >= 0.6 is 11.6 Å². The van der Waals surface area contributed by atoms with Gasteiger partial charge in [0.2, 0.25) is 0 Å². The average molecular weight is 220 g/mol. The number of nitrogens with zero attached hydrogens (tertiary/aromatic N) is 3. The molecule has 0 unspecified atom stereocenters. The van der Waals surface area contributed by atoms with Crippen molar-refractivity contribution < 1.29 is 0 Å². The van der Waals surface area contributed by atoms with E-state index in [1.54, 1.807) is 6.20 Å². The molecule has 0 bridgehead atoms. The van der Waals surface area contributed by atoms with Gasteiger partial charge in [-0.3, -0.25) is 4.98 Å². The third kappa shape index (κ3) is 2.30. The molecular weight excluding hydrogens is 210 g/mol. The fraction of sp³-hybridized carbons (Fsp3) is 0.182. The molecule has 0 aromatic carbocycles. The summed E-state index contributed by atoms with van der Waals surface area (Å²) in [6.45, 7) is 1.92. The van der Waals surface area contributed by atoms with Crippen LogP contribution in [-0.2, 0) is 5.88 Å². The van der Waals surface area contributed by atoms with Gasteiger partial charge >= 0.3 is 0 Å². The Bertz CT molecular complexity index is 457. The van der Waals surface area contributed by atoms with Gasteiger partial charge in [0.15, 0.2) is 0 Å². The van der Waals surface area contributed by atoms with E-state index in [4.69, 9.17) is 11.6 Å². The molecule has 2 aromatic rings. The van der Waals surface area contributed by atoms with Gasteiger partial charge in [0.05, 0.1) is 17.3 Å². The Morgan fingerprint density at radius 3 is 2.73 bits per heavy atom. The number of pyridine rings is 1. The van der Waals surface area contributed by atoms with E-state index in [1.807, 2.05) is 31.2 Å². The predicted molar refractivity (Wildman–Crippen MR) is 59.6 cm³/mol. The maximum atomic E-state index is 5.71. The molecule has 76 valence electrons. The third-order valence-electron chi connectivity index (χ3n) is 1.95. The van der Waals surface area contributed by atoms with Gasteiger partial charge < -0.3 is 0 Å². The monoisotopic (exact) mass is 219 g/mol. The van der Waals surface area contributed by atoms with Gasteiger partial charge in [0.1, 0.15) is 5.82 Å². The van der Waals surface area contributed by atoms with E-state index in [0.717, 1.165) is 17.1 Å². The molecule has 0 radical (unpaired) electrons. The van der Waals surface area contributed by atoms with E-state index in [9.17, 15) is 0 Å². The highest BCUT2D eigenvalue weighted by Crippen LogP contribution is 2.14. The van der Waals surface area contributed by atoms with Crippen molar-refractivity contribution in [3.05, 3.63) is 42.0 Å². The van der Waals surface area contributed by atoms with Crippen molar-refractivity contribution in [2.45, 2.75) is 12.8 Å². The standard InChI is InChI=1S/C11H10ClN3/c1-8-6-10(15-11(7-12)14-8)9-4-2-3-5-13-9/h2-6H,7H2,1H3. The molecule has 0 saturated heterocycles. The number of aromatic nitrogens is 3. The maximum absolute atomic E-state index is 5.71. The molecule has 2 aromatic heterocycles. The topological polar surface area (TPSA) is 38.7 Å². The van der Waals surface area contributed by atoms with Crippen LogP contribution in [0.15, 0.2) is 30.5 Å². The summed E-state index contributed by atoms with van der Waals surface area (Å²) in [5.41, 5.74) is 2.56. The predicted octanol–water partition coefficient (Wildman–Crippen LogP) is 2.59. The highest BCUT2D eigenvalue weighted by Gasteiger charge is 2.04. The first-order valence-electron chi connectivity index (χ1n) is 4.61. The first kappa shape index (κ1) is 10.1. The zero-order chi connectivity index (χ0) is 10.7. The lowest BCUT2D eigenvalue weighted by Crippen LogP contribution is -1.97. The number of hydrogen-bond donors (Lipinski definition) is 0. The molecule has 0 fully saturated rings. The van der Waals surface area contributed by atoms with E-state index >= 15 is 0 Å². The van der Waals surface area contributed by atoms with Crippen LogP contribution in [0.5, 0.6) is 0 Å². The summed E-state index contributed by atoms with van der Waals surface area (Å²) in [6, 6.07) is 7.62. The van der Waals surface area contributed by atoms with Gasteiger partial charge in [-0.15, -0.1) is 11.6 Å². The summed E-state index contributed by atoms with van der Waals surface area (Å²) >= 11 is 5.71. The molecule has 0 aliphatic carbocycles. The molecule has 0 aliphatic heterocycles. The number of hydrogen-bond acceptors (Lipinski definition) is 3. The molecule has 2 heterocycles. The summed E-state index contributed by atoms with van der Waals surface area (Å²) in [5.74, 6) is 0.957. The minimum atomic E-state index is 0.321. The zero-order valence-electron chi connectivity index (χ0n) is 8.31. The molecule has 0 N–H and O–H groups in total. The van der Waals surface area contributed by atoms with Crippen LogP contribution in [0, 0.1) is 6.92 Å². The molecule has 2 rings (SSSR count). The third-order valence-corrected chi connectivity index (χ3v) is 2.19. The minimum Gasteiger partial charge on any atom is -0.255 e. The molecule has 15 heavy (non-hydrogen) atoms. The summed E-state index contributed by atoms with van der Waals surface area (Å²) in [7, 11) is 0. The van der Waals surface area contributed by atoms with Crippen molar-refractivity contribution >= 4 is 11.6 Å². The first-order valence-corrected chi connectivity index (χ1v) is 5.15. The van der Waals surface area contributed by atoms with Gasteiger partial charge in [-0.05, 0) is 25.1 Å². The fourth-order valence-corrected chi connectivity index (χ4v) is 1.45. The van der Waals surface area contributed by atoms with E-state index in [-0.39, 0.29) is 0 Å². The Hall–Kier alpha value is -1.48. The molecule has 0 saturated carbocycles. The SMILES string of the molecule is Cc1cc(-c2ccccn2)nc(CCl)n1. The van der Waals surface area contributed by atoms with Crippen molar-refractivity contribution in [2.24, 2.45) is 0 Å². The van der Waals surface area contributed by atoms with Gasteiger partial charge in [-0.25, -0.2) is 9.97 Å². The van der Waals surface area contributed by atoms with E-state index in [0.29, 0.717) is 11.7 Å². The van der Waals surface area contributed by atoms with Crippen molar-refractivity contribution in [3.8, 4) is 11.4 Å². The Balaban J connectivity index is 2.49. The van der Waals surface area contributed by atoms with Gasteiger partial charge in [0, 0.05) is 11.9 Å². The second kappa shape index (κ2) is 4.36. The molecular formula is C11H10ClN3. The highest BCUT2D eigenvalue weighted by atomic mass is 35.5. The highest BCUT2D eigenvalue weighted by molar-refractivity contribution is 6.16. The van der Waals surface area contributed by atoms with Gasteiger partial charge in [-0.1, -0.05) is 6.07 Å². The second-order valence-electron chi connectivity index (χ2n) is 3.16. The number of halogens is 1. The first-order chi connectivity index (χ1) is 7.29. The summed E-state index contributed by atoms with van der Waals surface area (Å²) in [6.07, 6.45) is 1.74. The lowest BCUT2D eigenvalue weighted by molar-refractivity contribution is 0.992. The zero-order valence-corrected chi connectivity index (χ0v) is 9.07. The molecule has 3 nitrogen and oxygen atoms in total. The van der Waals surface area contributed by atoms with E-state index < -0.39 is 0 Å². The summed E-state index contributed by atoms with van der Waals surface area (Å²) in [5, 5.41) is 0. The Morgan fingerprint density at radius 2 is 2.07 bits per heavy atom. The van der Waals surface area contributed by atoms with Crippen LogP contribution in [0.4, 0.5) is 0 Å². The van der Waals surface area contributed by atoms with Crippen molar-refractivity contribution in [1.82, 2.24) is 15.0 Å². The number of alkyl halides is 1. The Kier molecular flexibility index (Phi) is 2.92. The van der Waals surface area contributed by atoms with Crippen LogP contribution < -0.4 is 0 Å². The molecule has 0 atom stereocenters. The molecule has 0 amide bonds. The second-order valence-corrected chi connectivity index (χ2v) is 3.43. The van der Waals surface area contributed by atoms with Crippen molar-refractivity contribution in [3.63, 3.8) is 0 Å². The van der Waals surface area contributed by atoms with Crippen LogP contribution in [0.3, 0.4) is 0 Å². The quantitative estimate of drug-likeness (QED) is 0.729. The summed E-state index contributed by atoms with van der Waals surface area (Å²) in [4.78, 5) is 12.8. The Morgan fingerprint density at radius 1 is 1.20 bits per heavy atom. The van der Waals surface area contributed by atoms with E-state index in [2.05, 4.69) is 15.0 Å². The van der Waals surface area contributed by atoms with Crippen LogP contribution in [0.25, 0.3) is 11.4 Å². The van der Waals surface area contributed by atoms with Crippen LogP contribution in [0.2, 0.25) is 0 Å². The molecule has 4 heteroatoms.